The fraction of sp³-hybridized carbons (Fsp3) is 0. The van der Waals surface area contributed by atoms with Gasteiger partial charge in [0.15, 0.2) is 5.43 Å². The minimum absolute atomic E-state index is 0.0274. The summed E-state index contributed by atoms with van der Waals surface area (Å²) >= 11 is 0. The van der Waals surface area contributed by atoms with Crippen LogP contribution in [0.25, 0.3) is 6.08 Å². The molecule has 0 saturated carbocycles. The van der Waals surface area contributed by atoms with E-state index in [1.807, 2.05) is 0 Å². The Kier molecular flexibility index (Phi) is 1.89. The van der Waals surface area contributed by atoms with E-state index in [4.69, 9.17) is 5.73 Å². The molecular weight excluding hydrogens is 128 g/mol. The fourth-order valence-electron chi connectivity index (χ4n) is 0.663. The zero-order chi connectivity index (χ0) is 7.40. The lowest BCUT2D eigenvalue weighted by Crippen LogP contribution is -2.02. The smallest absolute Gasteiger partial charge is 0.188 e. The molecule has 0 aliphatic heterocycles. The Labute approximate surface area is 58.2 Å². The van der Waals surface area contributed by atoms with E-state index in [0.29, 0.717) is 5.56 Å². The maximum absolute atomic E-state index is 10.9. The number of nitrogens with two attached hydrogens (primary N) is 1. The average molecular weight is 136 g/mol. The van der Waals surface area contributed by atoms with Crippen LogP contribution in [-0.4, -0.2) is 4.98 Å². The molecule has 1 heterocycles. The molecule has 0 saturated heterocycles. The highest BCUT2D eigenvalue weighted by Gasteiger charge is 1.88. The van der Waals surface area contributed by atoms with Gasteiger partial charge in [-0.05, 0) is 12.3 Å². The largest absolute Gasteiger partial charge is 0.405 e. The molecule has 3 heteroatoms. The Morgan fingerprint density at radius 3 is 3.00 bits per heavy atom. The minimum atomic E-state index is -0.0274. The zero-order valence-electron chi connectivity index (χ0n) is 5.37. The van der Waals surface area contributed by atoms with E-state index in [1.54, 1.807) is 18.5 Å². The van der Waals surface area contributed by atoms with Crippen LogP contribution in [0.4, 0.5) is 0 Å². The predicted octanol–water partition coefficient (Wildman–Crippen LogP) is 0.304. The summed E-state index contributed by atoms with van der Waals surface area (Å²) in [7, 11) is 0. The van der Waals surface area contributed by atoms with Crippen molar-refractivity contribution in [2.45, 2.75) is 0 Å². The zero-order valence-corrected chi connectivity index (χ0v) is 5.37. The highest BCUT2D eigenvalue weighted by Crippen LogP contribution is 1.88. The van der Waals surface area contributed by atoms with E-state index >= 15 is 0 Å². The van der Waals surface area contributed by atoms with Crippen LogP contribution in [-0.2, 0) is 0 Å². The highest BCUT2D eigenvalue weighted by molar-refractivity contribution is 5.46. The van der Waals surface area contributed by atoms with Crippen molar-refractivity contribution in [1.29, 1.82) is 0 Å². The van der Waals surface area contributed by atoms with Crippen molar-refractivity contribution in [2.75, 3.05) is 0 Å². The Hall–Kier alpha value is -1.51. The SMILES string of the molecule is N/C=C/c1c[nH]ccc1=O. The second-order valence-corrected chi connectivity index (χ2v) is 1.82. The van der Waals surface area contributed by atoms with Gasteiger partial charge < -0.3 is 10.7 Å². The summed E-state index contributed by atoms with van der Waals surface area (Å²) in [5.74, 6) is 0. The van der Waals surface area contributed by atoms with Gasteiger partial charge in [-0.3, -0.25) is 4.79 Å². The second-order valence-electron chi connectivity index (χ2n) is 1.82. The molecular formula is C7H8N2O. The molecule has 1 rings (SSSR count). The van der Waals surface area contributed by atoms with Gasteiger partial charge >= 0.3 is 0 Å². The molecule has 0 amide bonds. The van der Waals surface area contributed by atoms with Crippen LogP contribution in [0.3, 0.4) is 0 Å². The third-order valence-corrected chi connectivity index (χ3v) is 1.13. The Bertz CT molecular complexity index is 288. The van der Waals surface area contributed by atoms with Gasteiger partial charge in [0, 0.05) is 24.0 Å². The lowest BCUT2D eigenvalue weighted by atomic mass is 10.3. The molecule has 10 heavy (non-hydrogen) atoms. The van der Waals surface area contributed by atoms with E-state index < -0.39 is 0 Å². The molecule has 0 bridgehead atoms. The van der Waals surface area contributed by atoms with Crippen LogP contribution in [0.2, 0.25) is 0 Å². The van der Waals surface area contributed by atoms with E-state index in [0.717, 1.165) is 0 Å². The summed E-state index contributed by atoms with van der Waals surface area (Å²) in [5.41, 5.74) is 5.64. The number of rotatable bonds is 1. The number of H-pyrrole nitrogens is 1. The first-order valence-electron chi connectivity index (χ1n) is 2.90. The quantitative estimate of drug-likeness (QED) is 0.583. The number of nitrogens with one attached hydrogen (secondary N) is 1. The molecule has 3 nitrogen and oxygen atoms in total. The van der Waals surface area contributed by atoms with Crippen LogP contribution >= 0.6 is 0 Å². The third kappa shape index (κ3) is 1.25. The first kappa shape index (κ1) is 6.61. The minimum Gasteiger partial charge on any atom is -0.405 e. The molecule has 0 unspecified atom stereocenters. The molecule has 0 atom stereocenters. The van der Waals surface area contributed by atoms with Crippen molar-refractivity contribution in [3.63, 3.8) is 0 Å². The molecule has 1 aromatic rings. The molecule has 0 radical (unpaired) electrons. The van der Waals surface area contributed by atoms with Crippen molar-refractivity contribution in [2.24, 2.45) is 5.73 Å². The maximum Gasteiger partial charge on any atom is 0.188 e. The van der Waals surface area contributed by atoms with Crippen LogP contribution < -0.4 is 11.2 Å². The first-order valence-corrected chi connectivity index (χ1v) is 2.90. The van der Waals surface area contributed by atoms with E-state index in [1.165, 1.54) is 12.3 Å². The van der Waals surface area contributed by atoms with Crippen molar-refractivity contribution in [3.8, 4) is 0 Å². The van der Waals surface area contributed by atoms with E-state index in [9.17, 15) is 4.79 Å². The molecule has 52 valence electrons. The Morgan fingerprint density at radius 1 is 1.60 bits per heavy atom. The van der Waals surface area contributed by atoms with Gasteiger partial charge in [0.05, 0.1) is 0 Å². The Balaban J connectivity index is 3.16. The first-order chi connectivity index (χ1) is 4.84. The summed E-state index contributed by atoms with van der Waals surface area (Å²) in [6.07, 6.45) is 6.07. The van der Waals surface area contributed by atoms with Crippen molar-refractivity contribution >= 4 is 6.08 Å². The Morgan fingerprint density at radius 2 is 2.40 bits per heavy atom. The lowest BCUT2D eigenvalue weighted by molar-refractivity contribution is 1.29. The van der Waals surface area contributed by atoms with Gasteiger partial charge in [-0.2, -0.15) is 0 Å². The average Bonchev–Trinajstić information content (AvgIpc) is 1.94. The standard InChI is InChI=1S/C7H8N2O/c8-3-1-6-5-9-4-2-7(6)10/h1-5H,8H2,(H,9,10)/b3-1+. The van der Waals surface area contributed by atoms with E-state index in [2.05, 4.69) is 4.98 Å². The summed E-state index contributed by atoms with van der Waals surface area (Å²) in [4.78, 5) is 13.7. The van der Waals surface area contributed by atoms with Crippen molar-refractivity contribution in [1.82, 2.24) is 4.98 Å². The van der Waals surface area contributed by atoms with Crippen molar-refractivity contribution in [3.05, 3.63) is 40.4 Å². The molecule has 0 spiro atoms. The number of aromatic amines is 1. The van der Waals surface area contributed by atoms with Crippen LogP contribution in [0.15, 0.2) is 29.5 Å². The summed E-state index contributed by atoms with van der Waals surface area (Å²) in [6, 6.07) is 1.45. The highest BCUT2D eigenvalue weighted by atomic mass is 16.1. The normalized spacial score (nSPS) is 10.4. The second kappa shape index (κ2) is 2.87. The number of hydrogen-bond acceptors (Lipinski definition) is 2. The summed E-state index contributed by atoms with van der Waals surface area (Å²) in [5, 5.41) is 0. The van der Waals surface area contributed by atoms with Gasteiger partial charge in [-0.15, -0.1) is 0 Å². The maximum atomic E-state index is 10.9. The van der Waals surface area contributed by atoms with Gasteiger partial charge in [-0.1, -0.05) is 0 Å². The molecule has 1 aromatic heterocycles. The van der Waals surface area contributed by atoms with Crippen LogP contribution in [0.1, 0.15) is 5.56 Å². The van der Waals surface area contributed by atoms with Gasteiger partial charge in [0.2, 0.25) is 0 Å². The lowest BCUT2D eigenvalue weighted by Gasteiger charge is -1.87. The third-order valence-electron chi connectivity index (χ3n) is 1.13. The monoisotopic (exact) mass is 136 g/mol. The van der Waals surface area contributed by atoms with Crippen LogP contribution in [0.5, 0.6) is 0 Å². The van der Waals surface area contributed by atoms with Gasteiger partial charge in [-0.25, -0.2) is 0 Å². The summed E-state index contributed by atoms with van der Waals surface area (Å²) in [6.45, 7) is 0. The fourth-order valence-corrected chi connectivity index (χ4v) is 0.663. The number of aromatic nitrogens is 1. The molecule has 0 aromatic carbocycles. The molecule has 3 N–H and O–H groups in total. The molecule has 0 aliphatic carbocycles. The number of pyridine rings is 1. The van der Waals surface area contributed by atoms with Gasteiger partial charge in [0.1, 0.15) is 0 Å². The number of hydrogen-bond donors (Lipinski definition) is 2. The predicted molar refractivity (Wildman–Crippen MR) is 40.3 cm³/mol. The van der Waals surface area contributed by atoms with Crippen LogP contribution in [0, 0.1) is 0 Å². The topological polar surface area (TPSA) is 58.9 Å². The van der Waals surface area contributed by atoms with Gasteiger partial charge in [0.25, 0.3) is 0 Å². The van der Waals surface area contributed by atoms with Crippen molar-refractivity contribution < 1.29 is 0 Å². The summed E-state index contributed by atoms with van der Waals surface area (Å²) < 4.78 is 0. The van der Waals surface area contributed by atoms with E-state index in [-0.39, 0.29) is 5.43 Å². The molecule has 0 fully saturated rings. The molecule has 0 aliphatic rings.